The molecule has 1 aliphatic heterocycles. The van der Waals surface area contributed by atoms with Gasteiger partial charge in [0.2, 0.25) is 0 Å². The average Bonchev–Trinajstić information content (AvgIpc) is 2.79. The first kappa shape index (κ1) is 20.3. The summed E-state index contributed by atoms with van der Waals surface area (Å²) in [4.78, 5) is 13.8. The summed E-state index contributed by atoms with van der Waals surface area (Å²) in [6.07, 6.45) is 5.34. The highest BCUT2D eigenvalue weighted by molar-refractivity contribution is 6.46. The molecule has 0 bridgehead atoms. The van der Waals surface area contributed by atoms with E-state index in [-0.39, 0.29) is 24.9 Å². The number of rotatable bonds is 7. The maximum Gasteiger partial charge on any atom is 0.461 e. The van der Waals surface area contributed by atoms with Gasteiger partial charge in [0.1, 0.15) is 6.61 Å². The zero-order chi connectivity index (χ0) is 19.2. The molecule has 0 aliphatic carbocycles. The minimum Gasteiger partial charge on any atom is -0.444 e. The third-order valence-electron chi connectivity index (χ3n) is 4.68. The van der Waals surface area contributed by atoms with Crippen LogP contribution in [0.15, 0.2) is 55.3 Å². The van der Waals surface area contributed by atoms with Gasteiger partial charge in [-0.05, 0) is 33.3 Å². The second kappa shape index (κ2) is 8.56. The molecule has 1 aromatic carbocycles. The maximum absolute atomic E-state index is 12.3. The first-order valence-corrected chi connectivity index (χ1v) is 8.86. The molecule has 0 radical (unpaired) electrons. The quantitative estimate of drug-likeness (QED) is 0.536. The summed E-state index contributed by atoms with van der Waals surface area (Å²) in [5, 5.41) is 0. The number of carbonyl (C=O) groups excluding carboxylic acids is 1. The summed E-state index contributed by atoms with van der Waals surface area (Å²) in [6, 6.07) is 9.58. The second-order valence-corrected chi connectivity index (χ2v) is 7.29. The molecule has 1 fully saturated rings. The van der Waals surface area contributed by atoms with Crippen molar-refractivity contribution in [3.05, 3.63) is 60.8 Å². The van der Waals surface area contributed by atoms with Crippen molar-refractivity contribution in [2.75, 3.05) is 6.54 Å². The van der Waals surface area contributed by atoms with E-state index >= 15 is 0 Å². The van der Waals surface area contributed by atoms with Gasteiger partial charge in [-0.2, -0.15) is 0 Å². The van der Waals surface area contributed by atoms with Gasteiger partial charge in [0.05, 0.1) is 11.2 Å². The van der Waals surface area contributed by atoms with E-state index in [1.165, 1.54) is 4.90 Å². The summed E-state index contributed by atoms with van der Waals surface area (Å²) < 4.78 is 17.2. The van der Waals surface area contributed by atoms with Gasteiger partial charge in [-0.3, -0.25) is 4.90 Å². The van der Waals surface area contributed by atoms with Crippen LogP contribution >= 0.6 is 0 Å². The number of nitrogens with zero attached hydrogens (tertiary/aromatic N) is 1. The lowest BCUT2D eigenvalue weighted by atomic mass is 9.85. The fraction of sp³-hybridized carbons (Fsp3) is 0.450. The minimum atomic E-state index is -0.418. The summed E-state index contributed by atoms with van der Waals surface area (Å²) in [6.45, 7) is 12.4. The highest BCUT2D eigenvalue weighted by Crippen LogP contribution is 2.37. The van der Waals surface area contributed by atoms with Crippen LogP contribution in [0, 0.1) is 0 Å². The van der Waals surface area contributed by atoms with Gasteiger partial charge in [0.25, 0.3) is 0 Å². The predicted octanol–water partition coefficient (Wildman–Crippen LogP) is 4.42. The molecule has 1 aromatic rings. The van der Waals surface area contributed by atoms with Crippen molar-refractivity contribution in [1.29, 1.82) is 0 Å². The fourth-order valence-electron chi connectivity index (χ4n) is 2.50. The van der Waals surface area contributed by atoms with E-state index in [0.29, 0.717) is 12.9 Å². The van der Waals surface area contributed by atoms with Crippen molar-refractivity contribution in [2.24, 2.45) is 0 Å². The highest BCUT2D eigenvalue weighted by Gasteiger charge is 2.50. The van der Waals surface area contributed by atoms with E-state index in [0.717, 1.165) is 5.56 Å². The van der Waals surface area contributed by atoms with Crippen molar-refractivity contribution in [1.82, 2.24) is 4.90 Å². The van der Waals surface area contributed by atoms with Crippen molar-refractivity contribution >= 4 is 13.2 Å². The van der Waals surface area contributed by atoms with Gasteiger partial charge in [-0.15, -0.1) is 6.58 Å². The highest BCUT2D eigenvalue weighted by atomic mass is 16.7. The van der Waals surface area contributed by atoms with Gasteiger partial charge >= 0.3 is 13.2 Å². The molecule has 1 heterocycles. The molecule has 1 amide bonds. The standard InChI is InChI=1S/C20H28BNO4/c1-6-14-22(18(23)24-16-17-11-8-7-9-12-17)15-10-13-21-25-19(2,3)20(4,5)26-21/h6-12,15H,1,13-14,16H2,2-5H3/b15-10+. The molecule has 26 heavy (non-hydrogen) atoms. The zero-order valence-corrected chi connectivity index (χ0v) is 16.1. The molecule has 0 spiro atoms. The fourth-order valence-corrected chi connectivity index (χ4v) is 2.50. The van der Waals surface area contributed by atoms with Gasteiger partial charge < -0.3 is 14.0 Å². The molecule has 6 heteroatoms. The summed E-state index contributed by atoms with van der Waals surface area (Å²) in [7, 11) is -0.331. The number of hydrogen-bond acceptors (Lipinski definition) is 4. The lowest BCUT2D eigenvalue weighted by Gasteiger charge is -2.32. The first-order valence-electron chi connectivity index (χ1n) is 8.86. The Labute approximate surface area is 156 Å². The number of ether oxygens (including phenoxy) is 1. The van der Waals surface area contributed by atoms with E-state index in [4.69, 9.17) is 14.0 Å². The van der Waals surface area contributed by atoms with Crippen LogP contribution in [0.25, 0.3) is 0 Å². The number of hydrogen-bond donors (Lipinski definition) is 0. The Bertz CT molecular complexity index is 626. The molecule has 1 aliphatic rings. The Kier molecular flexibility index (Phi) is 6.67. The Morgan fingerprint density at radius 1 is 1.19 bits per heavy atom. The molecule has 0 saturated carbocycles. The van der Waals surface area contributed by atoms with E-state index in [1.807, 2.05) is 64.1 Å². The Morgan fingerprint density at radius 3 is 2.38 bits per heavy atom. The summed E-state index contributed by atoms with van der Waals surface area (Å²) >= 11 is 0. The lowest BCUT2D eigenvalue weighted by molar-refractivity contribution is 0.00578. The van der Waals surface area contributed by atoms with Crippen LogP contribution in [0.1, 0.15) is 33.3 Å². The second-order valence-electron chi connectivity index (χ2n) is 7.29. The monoisotopic (exact) mass is 357 g/mol. The van der Waals surface area contributed by atoms with Crippen molar-refractivity contribution < 1.29 is 18.8 Å². The molecule has 0 unspecified atom stereocenters. The van der Waals surface area contributed by atoms with Gasteiger partial charge in [-0.1, -0.05) is 42.5 Å². The van der Waals surface area contributed by atoms with Crippen LogP contribution in [0.2, 0.25) is 6.32 Å². The molecule has 140 valence electrons. The van der Waals surface area contributed by atoms with Crippen LogP contribution < -0.4 is 0 Å². The Morgan fingerprint density at radius 2 is 1.81 bits per heavy atom. The molecule has 2 rings (SSSR count). The first-order chi connectivity index (χ1) is 12.2. The molecular formula is C20H28BNO4. The van der Waals surface area contributed by atoms with Crippen LogP contribution in [-0.2, 0) is 20.7 Å². The molecule has 0 N–H and O–H groups in total. The SMILES string of the molecule is C=CCN(/C=C/CB1OC(C)(C)C(C)(C)O1)C(=O)OCc1ccccc1. The summed E-state index contributed by atoms with van der Waals surface area (Å²) in [5.74, 6) is 0. The normalized spacial score (nSPS) is 18.1. The molecule has 0 aromatic heterocycles. The van der Waals surface area contributed by atoms with Crippen molar-refractivity contribution in [3.8, 4) is 0 Å². The van der Waals surface area contributed by atoms with Gasteiger partial charge in [-0.25, -0.2) is 4.79 Å². The lowest BCUT2D eigenvalue weighted by Crippen LogP contribution is -2.41. The van der Waals surface area contributed by atoms with Crippen molar-refractivity contribution in [3.63, 3.8) is 0 Å². The van der Waals surface area contributed by atoms with E-state index in [1.54, 1.807) is 12.3 Å². The van der Waals surface area contributed by atoms with Crippen LogP contribution in [0.4, 0.5) is 4.79 Å². The zero-order valence-electron chi connectivity index (χ0n) is 16.1. The molecular weight excluding hydrogens is 329 g/mol. The number of allylic oxidation sites excluding steroid dienone is 1. The van der Waals surface area contributed by atoms with Crippen molar-refractivity contribution in [2.45, 2.75) is 51.8 Å². The van der Waals surface area contributed by atoms with E-state index in [9.17, 15) is 4.79 Å². The molecule has 5 nitrogen and oxygen atoms in total. The Balaban J connectivity index is 1.88. The van der Waals surface area contributed by atoms with Crippen LogP contribution in [0.5, 0.6) is 0 Å². The minimum absolute atomic E-state index is 0.235. The summed E-state index contributed by atoms with van der Waals surface area (Å²) in [5.41, 5.74) is 0.225. The predicted molar refractivity (Wildman–Crippen MR) is 104 cm³/mol. The third kappa shape index (κ3) is 5.22. The van der Waals surface area contributed by atoms with E-state index in [2.05, 4.69) is 6.58 Å². The molecule has 1 saturated heterocycles. The van der Waals surface area contributed by atoms with Gasteiger partial charge in [0.15, 0.2) is 0 Å². The molecule has 0 atom stereocenters. The Hall–Kier alpha value is -2.05. The average molecular weight is 357 g/mol. The third-order valence-corrected chi connectivity index (χ3v) is 4.68. The number of carbonyl (C=O) groups is 1. The van der Waals surface area contributed by atoms with E-state index < -0.39 is 6.09 Å². The maximum atomic E-state index is 12.3. The number of benzene rings is 1. The largest absolute Gasteiger partial charge is 0.461 e. The number of amides is 1. The van der Waals surface area contributed by atoms with Crippen LogP contribution in [0.3, 0.4) is 0 Å². The smallest absolute Gasteiger partial charge is 0.444 e. The van der Waals surface area contributed by atoms with Crippen LogP contribution in [-0.4, -0.2) is 35.9 Å². The topological polar surface area (TPSA) is 48.0 Å². The van der Waals surface area contributed by atoms with Gasteiger partial charge in [0, 0.05) is 19.1 Å².